The highest BCUT2D eigenvalue weighted by Crippen LogP contribution is 2.64. The third kappa shape index (κ3) is 3.05. The van der Waals surface area contributed by atoms with Crippen LogP contribution in [0.1, 0.15) is 32.1 Å². The zero-order chi connectivity index (χ0) is 22.4. The molecule has 1 saturated heterocycles. The van der Waals surface area contributed by atoms with Gasteiger partial charge in [0.2, 0.25) is 0 Å². The lowest BCUT2D eigenvalue weighted by Crippen LogP contribution is -2.67. The number of alkyl halides is 6. The number of carbonyl (C=O) groups is 1. The molecule has 0 N–H and O–H groups in total. The summed E-state index contributed by atoms with van der Waals surface area (Å²) in [4.78, 5) is 11.8. The fourth-order valence-corrected chi connectivity index (χ4v) is 5.71. The molecule has 1 heterocycles. The number of ether oxygens (including phenoxy) is 3. The van der Waals surface area contributed by atoms with Crippen LogP contribution in [0.2, 0.25) is 0 Å². The van der Waals surface area contributed by atoms with Crippen LogP contribution in [0.3, 0.4) is 0 Å². The van der Waals surface area contributed by atoms with Crippen molar-refractivity contribution in [2.24, 2.45) is 17.8 Å². The fraction of sp³-hybridized carbons (Fsp3) is 0.938. The molecule has 4 aliphatic carbocycles. The van der Waals surface area contributed by atoms with Gasteiger partial charge < -0.3 is 18.8 Å². The number of hydrogen-bond donors (Lipinski definition) is 0. The molecular weight excluding hydrogens is 450 g/mol. The molecule has 2 atom stereocenters. The average Bonchev–Trinajstić information content (AvgIpc) is 2.67. The van der Waals surface area contributed by atoms with Crippen LogP contribution < -0.4 is 0 Å². The first kappa shape index (κ1) is 22.1. The summed E-state index contributed by atoms with van der Waals surface area (Å²) < 4.78 is 129. The number of esters is 1. The van der Waals surface area contributed by atoms with E-state index in [2.05, 4.69) is 0 Å². The van der Waals surface area contributed by atoms with Crippen molar-refractivity contribution in [1.29, 1.82) is 0 Å². The van der Waals surface area contributed by atoms with Crippen molar-refractivity contribution >= 4 is 16.1 Å². The van der Waals surface area contributed by atoms with Gasteiger partial charge in [-0.1, -0.05) is 0 Å². The molecule has 4 bridgehead atoms. The molecule has 14 heteroatoms. The highest BCUT2D eigenvalue weighted by Gasteiger charge is 2.70. The van der Waals surface area contributed by atoms with Crippen molar-refractivity contribution in [3.63, 3.8) is 0 Å². The first-order chi connectivity index (χ1) is 13.5. The maximum atomic E-state index is 13.7. The number of carbonyl (C=O) groups excluding carboxylic acids is 1. The molecule has 5 aliphatic rings. The van der Waals surface area contributed by atoms with E-state index in [-0.39, 0.29) is 38.0 Å². The molecule has 0 aromatic carbocycles. The standard InChI is InChI=1S/C16H18F6O7S/c17-13(18)6-27-15(28-7-14(13,19)20)9-1-8-2-10(15)5-12(3-8,4-9)29-11(23)16(21,22)30(24,25)26/h8-10H,1-7H2,(H,24,25,26)/p-1. The molecule has 1 spiro atoms. The lowest BCUT2D eigenvalue weighted by atomic mass is 9.51. The fourth-order valence-electron chi connectivity index (χ4n) is 5.47. The van der Waals surface area contributed by atoms with E-state index in [1.807, 2.05) is 0 Å². The molecule has 4 saturated carbocycles. The molecule has 7 nitrogen and oxygen atoms in total. The van der Waals surface area contributed by atoms with Crippen molar-refractivity contribution in [1.82, 2.24) is 0 Å². The van der Waals surface area contributed by atoms with Crippen molar-refractivity contribution in [3.05, 3.63) is 0 Å². The van der Waals surface area contributed by atoms with Gasteiger partial charge in [-0.25, -0.2) is 13.2 Å². The van der Waals surface area contributed by atoms with E-state index in [1.165, 1.54) is 0 Å². The zero-order valence-corrected chi connectivity index (χ0v) is 16.0. The van der Waals surface area contributed by atoms with Gasteiger partial charge in [-0.05, 0) is 38.0 Å². The van der Waals surface area contributed by atoms with Gasteiger partial charge in [0.25, 0.3) is 0 Å². The van der Waals surface area contributed by atoms with Crippen molar-refractivity contribution in [2.75, 3.05) is 13.2 Å². The molecule has 0 radical (unpaired) electrons. The first-order valence-corrected chi connectivity index (χ1v) is 10.5. The van der Waals surface area contributed by atoms with Crippen LogP contribution >= 0.6 is 0 Å². The molecule has 0 amide bonds. The Bertz CT molecular complexity index is 824. The summed E-state index contributed by atoms with van der Waals surface area (Å²) in [6.45, 7) is -3.20. The molecule has 30 heavy (non-hydrogen) atoms. The number of rotatable bonds is 3. The van der Waals surface area contributed by atoms with E-state index in [0.29, 0.717) is 0 Å². The predicted octanol–water partition coefficient (Wildman–Crippen LogP) is 2.26. The molecular formula is C16H17F6O7S-. The second-order valence-electron chi connectivity index (χ2n) is 8.59. The molecule has 2 unspecified atom stereocenters. The third-order valence-electron chi connectivity index (χ3n) is 6.63. The molecule has 5 rings (SSSR count). The van der Waals surface area contributed by atoms with Crippen LogP contribution in [-0.4, -0.2) is 60.6 Å². The van der Waals surface area contributed by atoms with Gasteiger partial charge in [-0.3, -0.25) is 0 Å². The monoisotopic (exact) mass is 467 g/mol. The Balaban J connectivity index is 1.59. The summed E-state index contributed by atoms with van der Waals surface area (Å²) in [7, 11) is -6.32. The van der Waals surface area contributed by atoms with Crippen LogP contribution in [0.4, 0.5) is 26.3 Å². The van der Waals surface area contributed by atoms with Crippen LogP contribution in [-0.2, 0) is 29.1 Å². The summed E-state index contributed by atoms with van der Waals surface area (Å²) in [5.74, 6) is -15.1. The molecule has 172 valence electrons. The summed E-state index contributed by atoms with van der Waals surface area (Å²) >= 11 is 0. The second kappa shape index (κ2) is 6.23. The first-order valence-electron chi connectivity index (χ1n) is 9.14. The van der Waals surface area contributed by atoms with Gasteiger partial charge in [0.15, 0.2) is 15.9 Å². The van der Waals surface area contributed by atoms with Gasteiger partial charge in [0, 0.05) is 11.8 Å². The summed E-state index contributed by atoms with van der Waals surface area (Å²) in [5, 5.41) is -5.30. The largest absolute Gasteiger partial charge is 0.743 e. The topological polar surface area (TPSA) is 102 Å². The average molecular weight is 467 g/mol. The van der Waals surface area contributed by atoms with Crippen LogP contribution in [0.15, 0.2) is 0 Å². The van der Waals surface area contributed by atoms with E-state index in [1.54, 1.807) is 0 Å². The highest BCUT2D eigenvalue weighted by molar-refractivity contribution is 7.87. The molecule has 0 aromatic heterocycles. The number of halogens is 6. The van der Waals surface area contributed by atoms with E-state index in [4.69, 9.17) is 14.2 Å². The highest BCUT2D eigenvalue weighted by atomic mass is 32.2. The van der Waals surface area contributed by atoms with E-state index in [0.717, 1.165) is 0 Å². The normalized spacial score (nSPS) is 39.0. The molecule has 0 aromatic rings. The molecule has 5 fully saturated rings. The van der Waals surface area contributed by atoms with Crippen LogP contribution in [0.25, 0.3) is 0 Å². The predicted molar refractivity (Wildman–Crippen MR) is 81.6 cm³/mol. The van der Waals surface area contributed by atoms with Gasteiger partial charge in [0.05, 0.1) is 0 Å². The Morgan fingerprint density at radius 1 is 0.967 bits per heavy atom. The minimum atomic E-state index is -6.32. The Kier molecular flexibility index (Phi) is 4.58. The lowest BCUT2D eigenvalue weighted by molar-refractivity contribution is -0.355. The van der Waals surface area contributed by atoms with E-state index in [9.17, 15) is 44.1 Å². The quantitative estimate of drug-likeness (QED) is 0.357. The minimum Gasteiger partial charge on any atom is -0.743 e. The zero-order valence-electron chi connectivity index (χ0n) is 15.2. The maximum absolute atomic E-state index is 13.7. The van der Waals surface area contributed by atoms with Gasteiger partial charge >= 0.3 is 23.1 Å². The SMILES string of the molecule is O=C(OC12CC3CC(C1)C1(OCC(F)(F)C(F)(F)CO1)C(C3)C2)C(F)(F)S(=O)(=O)[O-]. The second-order valence-corrected chi connectivity index (χ2v) is 10.0. The maximum Gasteiger partial charge on any atom is 0.428 e. The summed E-state index contributed by atoms with van der Waals surface area (Å²) in [5.41, 5.74) is -1.59. The van der Waals surface area contributed by atoms with Gasteiger partial charge in [0.1, 0.15) is 18.8 Å². The van der Waals surface area contributed by atoms with Crippen LogP contribution in [0, 0.1) is 17.8 Å². The third-order valence-corrected chi connectivity index (χ3v) is 7.42. The van der Waals surface area contributed by atoms with Gasteiger partial charge in [-0.2, -0.15) is 26.3 Å². The van der Waals surface area contributed by atoms with Gasteiger partial charge in [-0.15, -0.1) is 0 Å². The Labute approximate surface area is 166 Å². The lowest BCUT2D eigenvalue weighted by Gasteiger charge is -2.63. The number of hydrogen-bond acceptors (Lipinski definition) is 7. The van der Waals surface area contributed by atoms with E-state index >= 15 is 0 Å². The van der Waals surface area contributed by atoms with Crippen molar-refractivity contribution < 1.29 is 58.3 Å². The Morgan fingerprint density at radius 2 is 1.43 bits per heavy atom. The van der Waals surface area contributed by atoms with Crippen LogP contribution in [0.5, 0.6) is 0 Å². The smallest absolute Gasteiger partial charge is 0.428 e. The summed E-state index contributed by atoms with van der Waals surface area (Å²) in [6.07, 6.45) is 0.172. The minimum absolute atomic E-state index is 0.0864. The Hall–Kier alpha value is -1.12. The van der Waals surface area contributed by atoms with Crippen molar-refractivity contribution in [2.45, 2.75) is 60.6 Å². The molecule has 1 aliphatic heterocycles. The van der Waals surface area contributed by atoms with Crippen molar-refractivity contribution in [3.8, 4) is 0 Å². The Morgan fingerprint density at radius 3 is 1.87 bits per heavy atom. The summed E-state index contributed by atoms with van der Waals surface area (Å²) in [6, 6.07) is 0. The van der Waals surface area contributed by atoms with E-state index < -0.39 is 69.6 Å².